The molecule has 2 unspecified atom stereocenters. The van der Waals surface area contributed by atoms with Crippen molar-refractivity contribution in [2.75, 3.05) is 19.6 Å². The topological polar surface area (TPSA) is 76.8 Å². The molecule has 2 aromatic rings. The molecule has 1 saturated heterocycles. The highest BCUT2D eigenvalue weighted by atomic mass is 19.2. The Morgan fingerprint density at radius 3 is 2.50 bits per heavy atom. The lowest BCUT2D eigenvalue weighted by molar-refractivity contribution is 0.0318. The Hall–Kier alpha value is -2.09. The Labute approximate surface area is 162 Å². The van der Waals surface area contributed by atoms with Gasteiger partial charge in [0.25, 0.3) is 0 Å². The van der Waals surface area contributed by atoms with Gasteiger partial charge in [-0.05, 0) is 48.4 Å². The van der Waals surface area contributed by atoms with E-state index >= 15 is 0 Å². The van der Waals surface area contributed by atoms with Crippen LogP contribution in [0.4, 0.5) is 8.78 Å². The second-order valence-corrected chi connectivity index (χ2v) is 8.22. The number of likely N-dealkylation sites (tertiary alicyclic amines) is 1. The number of nitrogens with zero attached hydrogens (tertiary/aromatic N) is 2. The van der Waals surface area contributed by atoms with Crippen LogP contribution < -0.4 is 0 Å². The number of halogens is 2. The Bertz CT molecular complexity index is 832. The number of hydrogen-bond acceptors (Lipinski definition) is 5. The molecule has 5 nitrogen and oxygen atoms in total. The Morgan fingerprint density at radius 1 is 1.14 bits per heavy atom. The van der Waals surface area contributed by atoms with Gasteiger partial charge in [-0.3, -0.25) is 9.88 Å². The van der Waals surface area contributed by atoms with Gasteiger partial charge in [0.15, 0.2) is 11.6 Å². The summed E-state index contributed by atoms with van der Waals surface area (Å²) < 4.78 is 27.4. The zero-order chi connectivity index (χ0) is 19.9. The van der Waals surface area contributed by atoms with Crippen molar-refractivity contribution in [2.45, 2.75) is 31.0 Å². The number of hydrogen-bond donors (Lipinski definition) is 3. The van der Waals surface area contributed by atoms with Crippen LogP contribution in [0.5, 0.6) is 5.75 Å². The quantitative estimate of drug-likeness (QED) is 0.731. The summed E-state index contributed by atoms with van der Waals surface area (Å²) >= 11 is 0. The van der Waals surface area contributed by atoms with E-state index in [9.17, 15) is 24.1 Å². The molecule has 1 aliphatic heterocycles. The minimum absolute atomic E-state index is 0.0562. The lowest BCUT2D eigenvalue weighted by atomic mass is 9.91. The Balaban J connectivity index is 1.35. The fourth-order valence-corrected chi connectivity index (χ4v) is 4.82. The molecule has 1 aromatic heterocycles. The van der Waals surface area contributed by atoms with Crippen LogP contribution in [-0.4, -0.2) is 50.4 Å². The maximum Gasteiger partial charge on any atom is 0.162 e. The number of aliphatic hydroxyl groups is 2. The second-order valence-electron chi connectivity index (χ2n) is 8.22. The molecule has 2 fully saturated rings. The molecule has 7 heteroatoms. The molecule has 4 atom stereocenters. The second kappa shape index (κ2) is 7.39. The first-order chi connectivity index (χ1) is 13.3. The van der Waals surface area contributed by atoms with Gasteiger partial charge < -0.3 is 15.3 Å². The van der Waals surface area contributed by atoms with Gasteiger partial charge in [0, 0.05) is 26.1 Å². The van der Waals surface area contributed by atoms with Gasteiger partial charge in [-0.2, -0.15) is 0 Å². The zero-order valence-corrected chi connectivity index (χ0v) is 15.4. The minimum Gasteiger partial charge on any atom is -0.506 e. The lowest BCUT2D eigenvalue weighted by Gasteiger charge is -2.27. The number of aromatic hydroxyl groups is 1. The average molecular weight is 390 g/mol. The van der Waals surface area contributed by atoms with Crippen molar-refractivity contribution in [3.63, 3.8) is 0 Å². The molecule has 150 valence electrons. The number of β-amino-alcohol motifs (C(OH)–C–C–N with tert-alkyl or cyclic N) is 1. The van der Waals surface area contributed by atoms with Gasteiger partial charge in [0.05, 0.1) is 17.5 Å². The van der Waals surface area contributed by atoms with Crippen molar-refractivity contribution >= 4 is 0 Å². The van der Waals surface area contributed by atoms with Gasteiger partial charge in [0.2, 0.25) is 0 Å². The summed E-state index contributed by atoms with van der Waals surface area (Å²) in [6.45, 7) is 1.92. The fourth-order valence-electron chi connectivity index (χ4n) is 4.82. The van der Waals surface area contributed by atoms with Crippen LogP contribution in [-0.2, 0) is 6.42 Å². The van der Waals surface area contributed by atoms with Crippen molar-refractivity contribution in [1.82, 2.24) is 9.88 Å². The molecule has 0 bridgehead atoms. The number of fused-ring (bicyclic) bond motifs is 1. The molecule has 1 aliphatic carbocycles. The molecular weight excluding hydrogens is 366 g/mol. The van der Waals surface area contributed by atoms with Crippen LogP contribution in [0.1, 0.15) is 30.2 Å². The van der Waals surface area contributed by atoms with Crippen molar-refractivity contribution in [1.29, 1.82) is 0 Å². The number of aromatic nitrogens is 1. The summed E-state index contributed by atoms with van der Waals surface area (Å²) in [7, 11) is 0. The highest BCUT2D eigenvalue weighted by Gasteiger charge is 2.48. The van der Waals surface area contributed by atoms with Crippen molar-refractivity contribution < 1.29 is 24.1 Å². The number of pyridine rings is 1. The van der Waals surface area contributed by atoms with Gasteiger partial charge in [-0.1, -0.05) is 12.1 Å². The van der Waals surface area contributed by atoms with Crippen LogP contribution in [0.2, 0.25) is 0 Å². The van der Waals surface area contributed by atoms with Crippen LogP contribution in [0.3, 0.4) is 0 Å². The van der Waals surface area contributed by atoms with Crippen LogP contribution >= 0.6 is 0 Å². The first kappa shape index (κ1) is 19.2. The predicted octanol–water partition coefficient (Wildman–Crippen LogP) is 2.41. The van der Waals surface area contributed by atoms with Gasteiger partial charge in [0.1, 0.15) is 11.9 Å². The standard InChI is InChI=1S/C21H24F2N2O3/c22-17-3-1-2-13(20(17)23)6-21(28)7-14-10-25(11-15(14)8-21)12-19(27)18-5-4-16(26)9-24-18/h1-5,9,14-15,19,26-28H,6-8,10-12H2/t14-,15+,19?,21?. The lowest BCUT2D eigenvalue weighted by Crippen LogP contribution is -2.34. The third-order valence-electron chi connectivity index (χ3n) is 6.03. The smallest absolute Gasteiger partial charge is 0.162 e. The van der Waals surface area contributed by atoms with E-state index in [0.717, 1.165) is 19.2 Å². The normalized spacial score (nSPS) is 28.4. The minimum atomic E-state index is -1.02. The van der Waals surface area contributed by atoms with Crippen LogP contribution in [0.15, 0.2) is 36.5 Å². The van der Waals surface area contributed by atoms with E-state index in [1.807, 2.05) is 0 Å². The summed E-state index contributed by atoms with van der Waals surface area (Å²) in [4.78, 5) is 6.19. The number of rotatable bonds is 5. The van der Waals surface area contributed by atoms with Gasteiger partial charge in [-0.25, -0.2) is 8.78 Å². The molecular formula is C21H24F2N2O3. The molecule has 1 saturated carbocycles. The van der Waals surface area contributed by atoms with E-state index in [1.54, 1.807) is 6.07 Å². The molecule has 3 N–H and O–H groups in total. The summed E-state index contributed by atoms with van der Waals surface area (Å²) in [5.41, 5.74) is -0.297. The van der Waals surface area contributed by atoms with E-state index in [1.165, 1.54) is 24.4 Å². The monoisotopic (exact) mass is 390 g/mol. The summed E-state index contributed by atoms with van der Waals surface area (Å²) in [6, 6.07) is 7.17. The maximum atomic E-state index is 14.0. The Kier molecular flexibility index (Phi) is 5.07. The average Bonchev–Trinajstić information content (AvgIpc) is 3.13. The highest BCUT2D eigenvalue weighted by Crippen LogP contribution is 2.45. The summed E-state index contributed by atoms with van der Waals surface area (Å²) in [6.07, 6.45) is 1.75. The zero-order valence-electron chi connectivity index (χ0n) is 15.4. The van der Waals surface area contributed by atoms with Crippen LogP contribution in [0.25, 0.3) is 0 Å². The van der Waals surface area contributed by atoms with E-state index in [0.29, 0.717) is 25.1 Å². The number of benzene rings is 1. The van der Waals surface area contributed by atoms with Gasteiger partial charge >= 0.3 is 0 Å². The molecule has 2 aliphatic rings. The molecule has 4 rings (SSSR count). The molecule has 0 amide bonds. The van der Waals surface area contributed by atoms with Gasteiger partial charge in [-0.15, -0.1) is 0 Å². The largest absolute Gasteiger partial charge is 0.506 e. The van der Waals surface area contributed by atoms with Crippen LogP contribution in [0, 0.1) is 23.5 Å². The van der Waals surface area contributed by atoms with E-state index < -0.39 is 23.3 Å². The SMILES string of the molecule is Oc1ccc(C(O)CN2C[C@@H]3CC(O)(Cc4cccc(F)c4F)C[C@@H]3C2)nc1. The first-order valence-corrected chi connectivity index (χ1v) is 9.53. The van der Waals surface area contributed by atoms with Crippen molar-refractivity contribution in [2.24, 2.45) is 11.8 Å². The molecule has 0 spiro atoms. The highest BCUT2D eigenvalue weighted by molar-refractivity contribution is 5.22. The maximum absolute atomic E-state index is 14.0. The molecule has 0 radical (unpaired) electrons. The molecule has 2 heterocycles. The molecule has 1 aromatic carbocycles. The van der Waals surface area contributed by atoms with E-state index in [2.05, 4.69) is 9.88 Å². The van der Waals surface area contributed by atoms with Crippen molar-refractivity contribution in [3.8, 4) is 5.75 Å². The molecule has 28 heavy (non-hydrogen) atoms. The summed E-state index contributed by atoms with van der Waals surface area (Å²) in [5.74, 6) is -1.18. The third-order valence-corrected chi connectivity index (χ3v) is 6.03. The van der Waals surface area contributed by atoms with E-state index in [4.69, 9.17) is 0 Å². The predicted molar refractivity (Wildman–Crippen MR) is 98.5 cm³/mol. The fraction of sp³-hybridized carbons (Fsp3) is 0.476. The number of aliphatic hydroxyl groups excluding tert-OH is 1. The Morgan fingerprint density at radius 2 is 1.86 bits per heavy atom. The summed E-state index contributed by atoms with van der Waals surface area (Å²) in [5, 5.41) is 30.6. The van der Waals surface area contributed by atoms with Crippen molar-refractivity contribution in [3.05, 3.63) is 59.4 Å². The van der Waals surface area contributed by atoms with E-state index in [-0.39, 0.29) is 29.6 Å². The first-order valence-electron chi connectivity index (χ1n) is 9.53. The third kappa shape index (κ3) is 3.87.